The van der Waals surface area contributed by atoms with E-state index < -0.39 is 5.97 Å². The van der Waals surface area contributed by atoms with Crippen LogP contribution >= 0.6 is 23.2 Å². The molecular weight excluding hydrogens is 299 g/mol. The van der Waals surface area contributed by atoms with Crippen molar-refractivity contribution in [2.75, 3.05) is 0 Å². The summed E-state index contributed by atoms with van der Waals surface area (Å²) in [7, 11) is 0. The quantitative estimate of drug-likeness (QED) is 0.902. The molecule has 1 N–H and O–H groups in total. The molecule has 0 aliphatic rings. The van der Waals surface area contributed by atoms with Gasteiger partial charge in [0.25, 0.3) is 0 Å². The number of aromatic nitrogens is 2. The molecule has 1 unspecified atom stereocenters. The topological polar surface area (TPSA) is 55.1 Å². The third kappa shape index (κ3) is 2.81. The lowest BCUT2D eigenvalue weighted by atomic mass is 10.1. The van der Waals surface area contributed by atoms with Crippen LogP contribution in [0.4, 0.5) is 0 Å². The first-order valence-corrected chi connectivity index (χ1v) is 6.97. The van der Waals surface area contributed by atoms with Crippen molar-refractivity contribution in [1.29, 1.82) is 0 Å². The van der Waals surface area contributed by atoms with Gasteiger partial charge in [-0.3, -0.25) is 4.68 Å². The number of halogens is 2. The highest BCUT2D eigenvalue weighted by Crippen LogP contribution is 2.32. The van der Waals surface area contributed by atoms with E-state index >= 15 is 0 Å². The molecule has 0 spiro atoms. The van der Waals surface area contributed by atoms with Crippen LogP contribution in [0.1, 0.15) is 36.7 Å². The Labute approximate surface area is 126 Å². The van der Waals surface area contributed by atoms with Gasteiger partial charge >= 0.3 is 5.97 Å². The average Bonchev–Trinajstić information content (AvgIpc) is 2.85. The molecule has 1 aromatic carbocycles. The van der Waals surface area contributed by atoms with Crippen LogP contribution in [0, 0.1) is 0 Å². The van der Waals surface area contributed by atoms with Crippen molar-refractivity contribution >= 4 is 29.2 Å². The van der Waals surface area contributed by atoms with Gasteiger partial charge in [-0.15, -0.1) is 0 Å². The maximum Gasteiger partial charge on any atom is 0.339 e. The smallest absolute Gasteiger partial charge is 0.339 e. The second-order valence-corrected chi connectivity index (χ2v) is 5.40. The lowest BCUT2D eigenvalue weighted by Gasteiger charge is -2.08. The molecule has 1 atom stereocenters. The Morgan fingerprint density at radius 1 is 1.45 bits per heavy atom. The SMILES string of the molecule is CCC(C)n1cc(C(=O)O)c(-c2cc(Cl)ccc2Cl)n1. The van der Waals surface area contributed by atoms with E-state index in [4.69, 9.17) is 23.2 Å². The molecule has 0 saturated carbocycles. The van der Waals surface area contributed by atoms with Crippen LogP contribution in [0.25, 0.3) is 11.3 Å². The number of benzene rings is 1. The second kappa shape index (κ2) is 5.85. The Morgan fingerprint density at radius 3 is 2.75 bits per heavy atom. The molecule has 20 heavy (non-hydrogen) atoms. The largest absolute Gasteiger partial charge is 0.478 e. The highest BCUT2D eigenvalue weighted by molar-refractivity contribution is 6.35. The summed E-state index contributed by atoms with van der Waals surface area (Å²) < 4.78 is 1.65. The van der Waals surface area contributed by atoms with Gasteiger partial charge in [-0.1, -0.05) is 30.1 Å². The standard InChI is InChI=1S/C14H14Cl2N2O2/c1-3-8(2)18-7-11(14(19)20)13(17-18)10-6-9(15)4-5-12(10)16/h4-8H,3H2,1-2H3,(H,19,20). The van der Waals surface area contributed by atoms with Crippen molar-refractivity contribution in [2.45, 2.75) is 26.3 Å². The molecule has 6 heteroatoms. The monoisotopic (exact) mass is 312 g/mol. The molecule has 0 amide bonds. The molecule has 1 heterocycles. The predicted molar refractivity (Wildman–Crippen MR) is 79.6 cm³/mol. The fourth-order valence-electron chi connectivity index (χ4n) is 1.84. The van der Waals surface area contributed by atoms with Crippen LogP contribution in [-0.4, -0.2) is 20.9 Å². The number of carboxylic acids is 1. The molecule has 0 radical (unpaired) electrons. The second-order valence-electron chi connectivity index (χ2n) is 4.56. The molecular formula is C14H14Cl2N2O2. The Morgan fingerprint density at radius 2 is 2.15 bits per heavy atom. The Bertz CT molecular complexity index is 653. The summed E-state index contributed by atoms with van der Waals surface area (Å²) in [5, 5.41) is 14.6. The summed E-state index contributed by atoms with van der Waals surface area (Å²) in [6, 6.07) is 5.02. The minimum Gasteiger partial charge on any atom is -0.478 e. The van der Waals surface area contributed by atoms with E-state index in [0.29, 0.717) is 21.3 Å². The number of carboxylic acid groups (broad SMARTS) is 1. The highest BCUT2D eigenvalue weighted by atomic mass is 35.5. The highest BCUT2D eigenvalue weighted by Gasteiger charge is 2.20. The van der Waals surface area contributed by atoms with Crippen LogP contribution in [0.2, 0.25) is 10.0 Å². The van der Waals surface area contributed by atoms with Gasteiger partial charge in [0.1, 0.15) is 11.3 Å². The minimum absolute atomic E-state index is 0.111. The molecule has 0 aliphatic carbocycles. The van der Waals surface area contributed by atoms with Crippen LogP contribution < -0.4 is 0 Å². The van der Waals surface area contributed by atoms with E-state index in [0.717, 1.165) is 6.42 Å². The van der Waals surface area contributed by atoms with Gasteiger partial charge < -0.3 is 5.11 Å². The molecule has 2 rings (SSSR count). The Hall–Kier alpha value is -1.52. The van der Waals surface area contributed by atoms with E-state index in [1.54, 1.807) is 22.9 Å². The first-order chi connectivity index (χ1) is 9.43. The van der Waals surface area contributed by atoms with E-state index in [2.05, 4.69) is 5.10 Å². The van der Waals surface area contributed by atoms with Crippen molar-refractivity contribution in [3.8, 4) is 11.3 Å². The first kappa shape index (κ1) is 14.9. The average molecular weight is 313 g/mol. The Kier molecular flexibility index (Phi) is 4.35. The van der Waals surface area contributed by atoms with Crippen LogP contribution in [0.15, 0.2) is 24.4 Å². The third-order valence-corrected chi connectivity index (χ3v) is 3.75. The first-order valence-electron chi connectivity index (χ1n) is 6.22. The van der Waals surface area contributed by atoms with Crippen molar-refractivity contribution in [2.24, 2.45) is 0 Å². The van der Waals surface area contributed by atoms with Gasteiger partial charge in [-0.25, -0.2) is 4.79 Å². The molecule has 4 nitrogen and oxygen atoms in total. The number of hydrogen-bond donors (Lipinski definition) is 1. The van der Waals surface area contributed by atoms with Crippen LogP contribution in [0.3, 0.4) is 0 Å². The summed E-state index contributed by atoms with van der Waals surface area (Å²) in [4.78, 5) is 11.4. The van der Waals surface area contributed by atoms with E-state index in [9.17, 15) is 9.90 Å². The van der Waals surface area contributed by atoms with Crippen molar-refractivity contribution in [3.05, 3.63) is 40.0 Å². The van der Waals surface area contributed by atoms with Crippen molar-refractivity contribution in [3.63, 3.8) is 0 Å². The normalized spacial score (nSPS) is 12.4. The number of carbonyl (C=O) groups is 1. The maximum atomic E-state index is 11.4. The predicted octanol–water partition coefficient (Wildman–Crippen LogP) is 4.53. The van der Waals surface area contributed by atoms with E-state index in [1.165, 1.54) is 6.20 Å². The fourth-order valence-corrected chi connectivity index (χ4v) is 2.22. The zero-order valence-corrected chi connectivity index (χ0v) is 12.6. The summed E-state index contributed by atoms with van der Waals surface area (Å²) in [6.07, 6.45) is 2.38. The van der Waals surface area contributed by atoms with Gasteiger partial charge in [0.2, 0.25) is 0 Å². The van der Waals surface area contributed by atoms with Crippen LogP contribution in [0.5, 0.6) is 0 Å². The molecule has 106 valence electrons. The summed E-state index contributed by atoms with van der Waals surface area (Å²) in [5.74, 6) is -1.04. The minimum atomic E-state index is -1.04. The fraction of sp³-hybridized carbons (Fsp3) is 0.286. The summed E-state index contributed by atoms with van der Waals surface area (Å²) in [6.45, 7) is 3.99. The number of nitrogens with zero attached hydrogens (tertiary/aromatic N) is 2. The molecule has 0 aliphatic heterocycles. The third-order valence-electron chi connectivity index (χ3n) is 3.19. The van der Waals surface area contributed by atoms with Gasteiger partial charge in [-0.05, 0) is 31.5 Å². The van der Waals surface area contributed by atoms with Gasteiger partial charge in [0, 0.05) is 22.8 Å². The van der Waals surface area contributed by atoms with Crippen molar-refractivity contribution in [1.82, 2.24) is 9.78 Å². The number of rotatable bonds is 4. The van der Waals surface area contributed by atoms with E-state index in [-0.39, 0.29) is 11.6 Å². The van der Waals surface area contributed by atoms with Gasteiger partial charge in [0.15, 0.2) is 0 Å². The zero-order chi connectivity index (χ0) is 14.9. The zero-order valence-electron chi connectivity index (χ0n) is 11.1. The lowest BCUT2D eigenvalue weighted by Crippen LogP contribution is -2.04. The summed E-state index contributed by atoms with van der Waals surface area (Å²) in [5.41, 5.74) is 0.985. The lowest BCUT2D eigenvalue weighted by molar-refractivity contribution is 0.0697. The van der Waals surface area contributed by atoms with E-state index in [1.807, 2.05) is 13.8 Å². The van der Waals surface area contributed by atoms with Crippen molar-refractivity contribution < 1.29 is 9.90 Å². The van der Waals surface area contributed by atoms with Gasteiger partial charge in [0.05, 0.1) is 5.02 Å². The Balaban J connectivity index is 2.63. The molecule has 2 aromatic rings. The number of hydrogen-bond acceptors (Lipinski definition) is 2. The molecule has 1 aromatic heterocycles. The molecule has 0 bridgehead atoms. The number of aromatic carboxylic acids is 1. The van der Waals surface area contributed by atoms with Gasteiger partial charge in [-0.2, -0.15) is 5.10 Å². The van der Waals surface area contributed by atoms with Crippen LogP contribution in [-0.2, 0) is 0 Å². The molecule has 0 fully saturated rings. The molecule has 0 saturated heterocycles. The summed E-state index contributed by atoms with van der Waals surface area (Å²) >= 11 is 12.1. The maximum absolute atomic E-state index is 11.4.